The molecule has 0 aliphatic heterocycles. The number of rotatable bonds is 3. The molecule has 0 radical (unpaired) electrons. The maximum atomic E-state index is 13.0. The SMILES string of the molecule is C[C@](O)(C(=O)Nc1nc2ccc(C(F)(F)F)cc2n1C1=CC=C1)C(F)(F)F. The summed E-state index contributed by atoms with van der Waals surface area (Å²) in [5.41, 5.74) is -4.44. The van der Waals surface area contributed by atoms with Crippen molar-refractivity contribution in [3.05, 3.63) is 42.0 Å². The van der Waals surface area contributed by atoms with E-state index < -0.39 is 35.4 Å². The van der Waals surface area contributed by atoms with E-state index >= 15 is 0 Å². The van der Waals surface area contributed by atoms with E-state index in [4.69, 9.17) is 0 Å². The molecule has 0 spiro atoms. The smallest absolute Gasteiger partial charge is 0.373 e. The number of amides is 1. The van der Waals surface area contributed by atoms with Gasteiger partial charge in [-0.2, -0.15) is 26.3 Å². The zero-order chi connectivity index (χ0) is 20.2. The molecule has 0 fully saturated rings. The summed E-state index contributed by atoms with van der Waals surface area (Å²) in [4.78, 5) is 15.8. The van der Waals surface area contributed by atoms with Crippen LogP contribution in [0.25, 0.3) is 16.7 Å². The van der Waals surface area contributed by atoms with Gasteiger partial charge in [-0.25, -0.2) is 4.98 Å². The lowest BCUT2D eigenvalue weighted by molar-refractivity contribution is -0.242. The summed E-state index contributed by atoms with van der Waals surface area (Å²) in [6, 6.07) is 2.57. The minimum Gasteiger partial charge on any atom is -0.373 e. The topological polar surface area (TPSA) is 67.2 Å². The molecule has 0 saturated heterocycles. The lowest BCUT2D eigenvalue weighted by Gasteiger charge is -2.25. The van der Waals surface area contributed by atoms with Crippen LogP contribution in [0.2, 0.25) is 0 Å². The molecule has 2 aromatic rings. The molecule has 1 atom stereocenters. The van der Waals surface area contributed by atoms with Crippen molar-refractivity contribution in [2.75, 3.05) is 5.32 Å². The van der Waals surface area contributed by atoms with E-state index in [1.807, 2.05) is 5.32 Å². The summed E-state index contributed by atoms with van der Waals surface area (Å²) >= 11 is 0. The van der Waals surface area contributed by atoms with Crippen molar-refractivity contribution in [3.63, 3.8) is 0 Å². The van der Waals surface area contributed by atoms with Gasteiger partial charge in [0.25, 0.3) is 5.91 Å². The minimum atomic E-state index is -5.26. The summed E-state index contributed by atoms with van der Waals surface area (Å²) in [7, 11) is 0. The Morgan fingerprint density at radius 2 is 1.81 bits per heavy atom. The van der Waals surface area contributed by atoms with Crippen molar-refractivity contribution in [2.45, 2.75) is 24.9 Å². The summed E-state index contributed by atoms with van der Waals surface area (Å²) in [5, 5.41) is 11.3. The number of imidazole rings is 1. The molecular formula is C16H11F6N3O2. The lowest BCUT2D eigenvalue weighted by Crippen LogP contribution is -2.52. The van der Waals surface area contributed by atoms with E-state index in [1.54, 1.807) is 6.08 Å². The molecule has 1 aliphatic carbocycles. The van der Waals surface area contributed by atoms with E-state index in [-0.39, 0.29) is 18.0 Å². The molecule has 144 valence electrons. The molecule has 3 rings (SSSR count). The number of aliphatic hydroxyl groups is 1. The molecule has 0 unspecified atom stereocenters. The second-order valence-electron chi connectivity index (χ2n) is 5.95. The van der Waals surface area contributed by atoms with Crippen molar-refractivity contribution in [1.82, 2.24) is 9.55 Å². The fourth-order valence-corrected chi connectivity index (χ4v) is 2.28. The van der Waals surface area contributed by atoms with E-state index in [0.29, 0.717) is 5.70 Å². The first-order valence-electron chi connectivity index (χ1n) is 7.41. The van der Waals surface area contributed by atoms with Crippen LogP contribution in [0.1, 0.15) is 12.5 Å². The molecule has 1 amide bonds. The molecule has 1 aromatic carbocycles. The van der Waals surface area contributed by atoms with Crippen LogP contribution in [0.3, 0.4) is 0 Å². The number of nitrogens with zero attached hydrogens (tertiary/aromatic N) is 2. The number of allylic oxidation sites excluding steroid dienone is 4. The average Bonchev–Trinajstić information content (AvgIpc) is 2.81. The molecule has 5 nitrogen and oxygen atoms in total. The van der Waals surface area contributed by atoms with E-state index in [0.717, 1.165) is 22.8 Å². The molecule has 1 aliphatic rings. The third-order valence-electron chi connectivity index (χ3n) is 3.99. The Bertz CT molecular complexity index is 982. The number of carbonyl (C=O) groups excluding carboxylic acids is 1. The number of carbonyl (C=O) groups is 1. The van der Waals surface area contributed by atoms with Crippen molar-refractivity contribution in [2.24, 2.45) is 0 Å². The van der Waals surface area contributed by atoms with Crippen LogP contribution in [0.15, 0.2) is 36.4 Å². The number of anilines is 1. The maximum Gasteiger partial charge on any atom is 0.426 e. The number of hydrogen-bond acceptors (Lipinski definition) is 3. The maximum absolute atomic E-state index is 13.0. The van der Waals surface area contributed by atoms with Gasteiger partial charge in [-0.3, -0.25) is 14.7 Å². The number of alkyl halides is 6. The number of aromatic nitrogens is 2. The highest BCUT2D eigenvalue weighted by Gasteiger charge is 2.56. The highest BCUT2D eigenvalue weighted by atomic mass is 19.4. The van der Waals surface area contributed by atoms with Crippen molar-refractivity contribution in [3.8, 4) is 0 Å². The van der Waals surface area contributed by atoms with Gasteiger partial charge in [-0.1, -0.05) is 6.08 Å². The Hall–Kier alpha value is -2.82. The van der Waals surface area contributed by atoms with Gasteiger partial charge in [0.1, 0.15) is 0 Å². The van der Waals surface area contributed by atoms with Gasteiger partial charge in [0.15, 0.2) is 0 Å². The quantitative estimate of drug-likeness (QED) is 0.784. The summed E-state index contributed by atoms with van der Waals surface area (Å²) < 4.78 is 78.4. The van der Waals surface area contributed by atoms with Crippen LogP contribution in [-0.4, -0.2) is 32.3 Å². The number of hydrogen-bond donors (Lipinski definition) is 2. The summed E-state index contributed by atoms with van der Waals surface area (Å²) in [6.45, 7) is 0.263. The predicted molar refractivity (Wildman–Crippen MR) is 83.5 cm³/mol. The second-order valence-corrected chi connectivity index (χ2v) is 5.95. The standard InChI is InChI=1S/C16H11F6N3O2/c1-14(27,16(20,21)22)12(26)24-13-23-10-6-5-8(15(17,18)19)7-11(10)25(13)9-3-2-4-9/h2-7,27H,1H3,(H,23,24,26)/t14-/m0/s1. The largest absolute Gasteiger partial charge is 0.426 e. The van der Waals surface area contributed by atoms with Crippen LogP contribution in [-0.2, 0) is 11.0 Å². The Kier molecular flexibility index (Phi) is 4.10. The normalized spacial score (nSPS) is 16.7. The van der Waals surface area contributed by atoms with Gasteiger partial charge >= 0.3 is 12.4 Å². The third kappa shape index (κ3) is 3.18. The highest BCUT2D eigenvalue weighted by Crippen LogP contribution is 2.35. The second kappa shape index (κ2) is 5.84. The van der Waals surface area contributed by atoms with Crippen LogP contribution >= 0.6 is 0 Å². The number of halogens is 6. The van der Waals surface area contributed by atoms with E-state index in [9.17, 15) is 36.2 Å². The van der Waals surface area contributed by atoms with E-state index in [2.05, 4.69) is 4.98 Å². The van der Waals surface area contributed by atoms with Gasteiger partial charge in [0, 0.05) is 5.70 Å². The first-order valence-corrected chi connectivity index (χ1v) is 7.41. The minimum absolute atomic E-state index is 0.0196. The molecular weight excluding hydrogens is 380 g/mol. The van der Waals surface area contributed by atoms with Gasteiger partial charge in [-0.05, 0) is 37.3 Å². The fourth-order valence-electron chi connectivity index (χ4n) is 2.28. The first-order chi connectivity index (χ1) is 12.3. The Morgan fingerprint density at radius 3 is 2.30 bits per heavy atom. The van der Waals surface area contributed by atoms with Crippen molar-refractivity contribution >= 4 is 28.6 Å². The van der Waals surface area contributed by atoms with Crippen molar-refractivity contribution in [1.29, 1.82) is 0 Å². The molecule has 0 bridgehead atoms. The lowest BCUT2D eigenvalue weighted by atomic mass is 10.1. The summed E-state index contributed by atoms with van der Waals surface area (Å²) in [5.74, 6) is -2.26. The predicted octanol–water partition coefficient (Wildman–Crippen LogP) is 3.72. The Labute approximate surface area is 147 Å². The monoisotopic (exact) mass is 391 g/mol. The molecule has 27 heavy (non-hydrogen) atoms. The number of nitrogens with one attached hydrogen (secondary N) is 1. The van der Waals surface area contributed by atoms with Gasteiger partial charge in [0.2, 0.25) is 11.5 Å². The highest BCUT2D eigenvalue weighted by molar-refractivity contribution is 5.99. The Balaban J connectivity index is 2.09. The zero-order valence-electron chi connectivity index (χ0n) is 13.5. The van der Waals surface area contributed by atoms with E-state index in [1.165, 1.54) is 12.2 Å². The van der Waals surface area contributed by atoms with Gasteiger partial charge in [-0.15, -0.1) is 0 Å². The Morgan fingerprint density at radius 1 is 1.19 bits per heavy atom. The number of benzene rings is 1. The molecule has 2 N–H and O–H groups in total. The zero-order valence-corrected chi connectivity index (χ0v) is 13.5. The fraction of sp³-hybridized carbons (Fsp3) is 0.250. The molecule has 1 aromatic heterocycles. The van der Waals surface area contributed by atoms with Crippen molar-refractivity contribution < 1.29 is 36.2 Å². The average molecular weight is 391 g/mol. The van der Waals surface area contributed by atoms with Crippen LogP contribution in [0, 0.1) is 0 Å². The van der Waals surface area contributed by atoms with Crippen LogP contribution < -0.4 is 5.32 Å². The molecule has 0 saturated carbocycles. The molecule has 11 heteroatoms. The summed E-state index contributed by atoms with van der Waals surface area (Å²) in [6.07, 6.45) is -5.41. The third-order valence-corrected chi connectivity index (χ3v) is 3.99. The van der Waals surface area contributed by atoms with Crippen LogP contribution in [0.5, 0.6) is 0 Å². The van der Waals surface area contributed by atoms with Crippen LogP contribution in [0.4, 0.5) is 32.3 Å². The first kappa shape index (κ1) is 19.0. The molecule has 1 heterocycles. The van der Waals surface area contributed by atoms with Gasteiger partial charge in [0.05, 0.1) is 16.6 Å². The van der Waals surface area contributed by atoms with Gasteiger partial charge < -0.3 is 5.11 Å². The number of fused-ring (bicyclic) bond motifs is 1.